The third-order valence-corrected chi connectivity index (χ3v) is 7.70. The van der Waals surface area contributed by atoms with Crippen LogP contribution in [0.5, 0.6) is 28.7 Å². The van der Waals surface area contributed by atoms with Crippen LogP contribution in [0.15, 0.2) is 30.3 Å². The SMILES string of the molecule is COc1ccc([C@@H]2CC(=O)c3c(O)cc(OC4OC(COC5OC(C)[C@H](O)[C@H](O)C5O)[C@@H](O)[C@@H](O)C4O)cc3O2)cc1O. The molecule has 236 valence electrons. The predicted octanol–water partition coefficient (Wildman–Crippen LogP) is -1.16. The van der Waals surface area contributed by atoms with Crippen LogP contribution in [0.1, 0.15) is 35.4 Å². The highest BCUT2D eigenvalue weighted by atomic mass is 16.7. The largest absolute Gasteiger partial charge is 0.507 e. The lowest BCUT2D eigenvalue weighted by molar-refractivity contribution is -0.318. The Morgan fingerprint density at radius 2 is 1.53 bits per heavy atom. The van der Waals surface area contributed by atoms with Gasteiger partial charge in [-0.1, -0.05) is 6.07 Å². The predicted molar refractivity (Wildman–Crippen MR) is 141 cm³/mol. The fourth-order valence-electron chi connectivity index (χ4n) is 5.20. The van der Waals surface area contributed by atoms with Crippen molar-refractivity contribution in [2.75, 3.05) is 13.7 Å². The molecule has 0 aliphatic carbocycles. The summed E-state index contributed by atoms with van der Waals surface area (Å²) in [6.45, 7) is 0.964. The smallest absolute Gasteiger partial charge is 0.229 e. The van der Waals surface area contributed by atoms with E-state index in [1.807, 2.05) is 0 Å². The van der Waals surface area contributed by atoms with E-state index < -0.39 is 85.7 Å². The minimum Gasteiger partial charge on any atom is -0.507 e. The molecule has 2 saturated heterocycles. The highest BCUT2D eigenvalue weighted by molar-refractivity contribution is 6.02. The molecule has 43 heavy (non-hydrogen) atoms. The number of hydrogen-bond donors (Lipinski definition) is 8. The standard InChI is InChI=1S/C28H34O15/c1-10-21(32)23(34)25(36)27(40-10)39-9-19-22(33)24(35)26(37)28(43-19)41-12-6-14(30)20-15(31)8-17(42-18(20)7-12)11-3-4-16(38-2)13(29)5-11/h3-7,10,17,19,21-30,32-37H,8-9H2,1-2H3/t10?,17-,19?,21-,22+,23-,24+,25?,26?,27?,28?/m0/s1. The first kappa shape index (κ1) is 31.2. The van der Waals surface area contributed by atoms with Crippen molar-refractivity contribution in [3.8, 4) is 28.7 Å². The molecule has 0 bridgehead atoms. The van der Waals surface area contributed by atoms with Gasteiger partial charge < -0.3 is 69.3 Å². The zero-order valence-electron chi connectivity index (χ0n) is 23.1. The van der Waals surface area contributed by atoms with Gasteiger partial charge in [-0.05, 0) is 24.6 Å². The topological polar surface area (TPSA) is 234 Å². The summed E-state index contributed by atoms with van der Waals surface area (Å²) in [6.07, 6.45) is -15.9. The van der Waals surface area contributed by atoms with E-state index in [0.717, 1.165) is 6.07 Å². The third-order valence-electron chi connectivity index (χ3n) is 7.70. The molecule has 8 N–H and O–H groups in total. The number of rotatable bonds is 7. The maximum absolute atomic E-state index is 12.9. The van der Waals surface area contributed by atoms with Gasteiger partial charge in [-0.3, -0.25) is 4.79 Å². The van der Waals surface area contributed by atoms with Crippen LogP contribution in [0.3, 0.4) is 0 Å². The maximum atomic E-state index is 12.9. The van der Waals surface area contributed by atoms with Crippen molar-refractivity contribution in [2.45, 2.75) is 80.9 Å². The van der Waals surface area contributed by atoms with Crippen molar-refractivity contribution in [3.63, 3.8) is 0 Å². The van der Waals surface area contributed by atoms with Crippen LogP contribution in [0.2, 0.25) is 0 Å². The van der Waals surface area contributed by atoms with Crippen molar-refractivity contribution < 1.29 is 74.1 Å². The van der Waals surface area contributed by atoms with Crippen molar-refractivity contribution in [3.05, 3.63) is 41.5 Å². The zero-order valence-corrected chi connectivity index (χ0v) is 23.1. The molecule has 3 aliphatic heterocycles. The normalized spacial score (nSPS) is 36.0. The Labute approximate surface area is 245 Å². The molecule has 0 radical (unpaired) electrons. The van der Waals surface area contributed by atoms with E-state index in [4.69, 9.17) is 28.4 Å². The summed E-state index contributed by atoms with van der Waals surface area (Å²) in [7, 11) is 1.39. The number of hydrogen-bond acceptors (Lipinski definition) is 15. The van der Waals surface area contributed by atoms with Gasteiger partial charge in [0, 0.05) is 12.1 Å². The number of ether oxygens (including phenoxy) is 6. The molecule has 3 aliphatic rings. The van der Waals surface area contributed by atoms with Crippen LogP contribution in [0.4, 0.5) is 0 Å². The van der Waals surface area contributed by atoms with Gasteiger partial charge in [-0.25, -0.2) is 0 Å². The molecule has 2 aromatic rings. The summed E-state index contributed by atoms with van der Waals surface area (Å²) < 4.78 is 33.1. The van der Waals surface area contributed by atoms with Gasteiger partial charge >= 0.3 is 0 Å². The highest BCUT2D eigenvalue weighted by Crippen LogP contribution is 2.43. The van der Waals surface area contributed by atoms with Crippen molar-refractivity contribution >= 4 is 5.78 Å². The van der Waals surface area contributed by atoms with Crippen LogP contribution in [0, 0.1) is 0 Å². The van der Waals surface area contributed by atoms with E-state index in [9.17, 15) is 45.6 Å². The summed E-state index contributed by atoms with van der Waals surface area (Å²) in [5.41, 5.74) is 0.373. The molecule has 15 heteroatoms. The summed E-state index contributed by atoms with van der Waals surface area (Å²) >= 11 is 0. The number of methoxy groups -OCH3 is 1. The number of ketones is 1. The number of aliphatic hydroxyl groups excluding tert-OH is 6. The second kappa shape index (κ2) is 12.4. The van der Waals surface area contributed by atoms with Gasteiger partial charge in [-0.2, -0.15) is 0 Å². The van der Waals surface area contributed by atoms with Crippen LogP contribution in [-0.4, -0.2) is 122 Å². The van der Waals surface area contributed by atoms with Crippen LogP contribution < -0.4 is 14.2 Å². The first-order valence-corrected chi connectivity index (χ1v) is 13.5. The van der Waals surface area contributed by atoms with Crippen molar-refractivity contribution in [1.29, 1.82) is 0 Å². The first-order chi connectivity index (χ1) is 20.4. The Balaban J connectivity index is 1.30. The van der Waals surface area contributed by atoms with E-state index in [1.165, 1.54) is 32.2 Å². The van der Waals surface area contributed by atoms with Gasteiger partial charge in [0.15, 0.2) is 23.6 Å². The number of fused-ring (bicyclic) bond motifs is 1. The molecule has 5 rings (SSSR count). The Kier molecular flexibility index (Phi) is 8.99. The van der Waals surface area contributed by atoms with Gasteiger partial charge in [0.05, 0.1) is 26.2 Å². The van der Waals surface area contributed by atoms with E-state index in [1.54, 1.807) is 6.07 Å². The number of Topliss-reactive ketones (excluding diaryl/α,β-unsaturated/α-hetero) is 1. The molecule has 2 aromatic carbocycles. The molecular formula is C28H34O15. The average molecular weight is 611 g/mol. The number of aromatic hydroxyl groups is 2. The summed E-state index contributed by atoms with van der Waals surface area (Å²) in [6, 6.07) is 6.90. The van der Waals surface area contributed by atoms with Gasteiger partial charge in [0.25, 0.3) is 0 Å². The highest BCUT2D eigenvalue weighted by Gasteiger charge is 2.47. The van der Waals surface area contributed by atoms with E-state index in [0.29, 0.717) is 5.56 Å². The monoisotopic (exact) mass is 610 g/mol. The minimum absolute atomic E-state index is 0.0457. The van der Waals surface area contributed by atoms with E-state index in [2.05, 4.69) is 0 Å². The second-order valence-corrected chi connectivity index (χ2v) is 10.6. The molecule has 3 heterocycles. The van der Waals surface area contributed by atoms with E-state index >= 15 is 0 Å². The Morgan fingerprint density at radius 3 is 2.23 bits per heavy atom. The maximum Gasteiger partial charge on any atom is 0.229 e. The van der Waals surface area contributed by atoms with Gasteiger partial charge in [-0.15, -0.1) is 0 Å². The first-order valence-electron chi connectivity index (χ1n) is 13.5. The lowest BCUT2D eigenvalue weighted by Crippen LogP contribution is -2.61. The molecule has 11 atom stereocenters. The molecule has 0 amide bonds. The molecule has 2 fully saturated rings. The quantitative estimate of drug-likeness (QED) is 0.185. The Hall–Kier alpha value is -3.25. The lowest BCUT2D eigenvalue weighted by atomic mass is 9.95. The number of phenols is 2. The lowest BCUT2D eigenvalue weighted by Gasteiger charge is -2.42. The molecule has 0 spiro atoms. The summed E-state index contributed by atoms with van der Waals surface area (Å²) in [5.74, 6) is -0.999. The number of carbonyl (C=O) groups is 1. The van der Waals surface area contributed by atoms with Crippen LogP contribution >= 0.6 is 0 Å². The van der Waals surface area contributed by atoms with Crippen LogP contribution in [-0.2, 0) is 14.2 Å². The molecular weight excluding hydrogens is 576 g/mol. The molecule has 0 aromatic heterocycles. The molecule has 15 nitrogen and oxygen atoms in total. The van der Waals surface area contributed by atoms with E-state index in [-0.39, 0.29) is 35.0 Å². The number of benzene rings is 2. The molecule has 0 saturated carbocycles. The summed E-state index contributed by atoms with van der Waals surface area (Å²) in [5, 5.41) is 82.2. The number of aliphatic hydroxyl groups is 6. The number of phenolic OH excluding ortho intramolecular Hbond substituents is 2. The third kappa shape index (κ3) is 6.08. The van der Waals surface area contributed by atoms with Gasteiger partial charge in [0.1, 0.15) is 71.6 Å². The minimum atomic E-state index is -1.77. The fraction of sp³-hybridized carbons (Fsp3) is 0.536. The molecule has 6 unspecified atom stereocenters. The zero-order chi connectivity index (χ0) is 31.2. The summed E-state index contributed by atoms with van der Waals surface area (Å²) in [4.78, 5) is 12.9. The number of carbonyl (C=O) groups excluding carboxylic acids is 1. The fourth-order valence-corrected chi connectivity index (χ4v) is 5.20. The Morgan fingerprint density at radius 1 is 0.837 bits per heavy atom. The Bertz CT molecular complexity index is 1320. The average Bonchev–Trinajstić information content (AvgIpc) is 2.97. The second-order valence-electron chi connectivity index (χ2n) is 10.6. The van der Waals surface area contributed by atoms with Crippen molar-refractivity contribution in [2.24, 2.45) is 0 Å². The van der Waals surface area contributed by atoms with Crippen molar-refractivity contribution in [1.82, 2.24) is 0 Å². The van der Waals surface area contributed by atoms with Crippen LogP contribution in [0.25, 0.3) is 0 Å². The van der Waals surface area contributed by atoms with Gasteiger partial charge in [0.2, 0.25) is 6.29 Å².